The van der Waals surface area contributed by atoms with Crippen LogP contribution < -0.4 is 5.43 Å². The third-order valence-corrected chi connectivity index (χ3v) is 4.42. The minimum absolute atomic E-state index is 0.0330. The fourth-order valence-electron chi connectivity index (χ4n) is 2.83. The molecule has 1 amide bonds. The van der Waals surface area contributed by atoms with E-state index in [1.54, 1.807) is 12.2 Å². The molecule has 1 fully saturated rings. The number of nitrogens with one attached hydrogen (secondary N) is 1. The number of carbonyl (C=O) groups excluding carboxylic acids is 1. The molecule has 1 saturated heterocycles. The number of aliphatic hydroxyl groups excluding tert-OH is 1. The maximum Gasteiger partial charge on any atom is 0.254 e. The van der Waals surface area contributed by atoms with Crippen molar-refractivity contribution in [2.75, 3.05) is 39.3 Å². The molecule has 0 radical (unpaired) electrons. The number of allylic oxidation sites excluding steroid dienone is 8. The summed E-state index contributed by atoms with van der Waals surface area (Å²) in [7, 11) is 0. The van der Waals surface area contributed by atoms with Crippen molar-refractivity contribution in [1.82, 2.24) is 15.2 Å². The predicted octanol–water partition coefficient (Wildman–Crippen LogP) is 3.36. The third kappa shape index (κ3) is 9.87. The first kappa shape index (κ1) is 24.3. The van der Waals surface area contributed by atoms with E-state index in [0.29, 0.717) is 12.1 Å². The summed E-state index contributed by atoms with van der Waals surface area (Å²) in [4.78, 5) is 16.7. The Hall–Kier alpha value is -2.70. The number of rotatable bonds is 10. The first-order valence-electron chi connectivity index (χ1n) is 9.93. The Balaban J connectivity index is 2.48. The van der Waals surface area contributed by atoms with Crippen LogP contribution >= 0.6 is 0 Å². The first-order chi connectivity index (χ1) is 14.0. The molecule has 1 rings (SSSR count). The number of hydrogen-bond donors (Lipinski definition) is 2. The van der Waals surface area contributed by atoms with Crippen LogP contribution in [0.1, 0.15) is 20.8 Å². The Labute approximate surface area is 175 Å². The van der Waals surface area contributed by atoms with E-state index in [1.165, 1.54) is 23.9 Å². The van der Waals surface area contributed by atoms with Crippen molar-refractivity contribution >= 4 is 12.1 Å². The molecular formula is C23H34N4O2. The Kier molecular flexibility index (Phi) is 12.0. The summed E-state index contributed by atoms with van der Waals surface area (Å²) in [6.07, 6.45) is 16.0. The number of piperazine rings is 1. The predicted molar refractivity (Wildman–Crippen MR) is 122 cm³/mol. The van der Waals surface area contributed by atoms with Crippen LogP contribution in [0.2, 0.25) is 0 Å². The van der Waals surface area contributed by atoms with Crippen molar-refractivity contribution in [2.45, 2.75) is 20.8 Å². The van der Waals surface area contributed by atoms with Crippen LogP contribution in [0.3, 0.4) is 0 Å². The zero-order valence-electron chi connectivity index (χ0n) is 17.8. The first-order valence-corrected chi connectivity index (χ1v) is 9.93. The van der Waals surface area contributed by atoms with Gasteiger partial charge in [0.2, 0.25) is 0 Å². The van der Waals surface area contributed by atoms with Crippen LogP contribution in [-0.4, -0.2) is 66.3 Å². The molecule has 0 saturated carbocycles. The molecule has 29 heavy (non-hydrogen) atoms. The van der Waals surface area contributed by atoms with E-state index < -0.39 is 0 Å². The molecular weight excluding hydrogens is 364 g/mol. The van der Waals surface area contributed by atoms with Gasteiger partial charge in [0.15, 0.2) is 0 Å². The van der Waals surface area contributed by atoms with Gasteiger partial charge < -0.3 is 5.11 Å². The van der Waals surface area contributed by atoms with Crippen LogP contribution in [-0.2, 0) is 4.79 Å². The van der Waals surface area contributed by atoms with Gasteiger partial charge in [-0.05, 0) is 38.5 Å². The van der Waals surface area contributed by atoms with Gasteiger partial charge in [0.1, 0.15) is 5.76 Å². The molecule has 0 unspecified atom stereocenters. The number of aliphatic hydroxyl groups is 1. The van der Waals surface area contributed by atoms with E-state index in [2.05, 4.69) is 52.1 Å². The lowest BCUT2D eigenvalue weighted by molar-refractivity contribution is -0.122. The molecule has 0 bridgehead atoms. The number of nitrogens with zero attached hydrogens (tertiary/aromatic N) is 3. The van der Waals surface area contributed by atoms with Gasteiger partial charge in [0.25, 0.3) is 5.91 Å². The Morgan fingerprint density at radius 2 is 1.72 bits per heavy atom. The summed E-state index contributed by atoms with van der Waals surface area (Å²) in [6, 6.07) is 0. The molecule has 0 aromatic rings. The second kappa shape index (κ2) is 14.3. The smallest absolute Gasteiger partial charge is 0.254 e. The second-order valence-corrected chi connectivity index (χ2v) is 6.64. The summed E-state index contributed by atoms with van der Waals surface area (Å²) in [5.74, 6) is -0.138. The zero-order chi connectivity index (χ0) is 21.5. The van der Waals surface area contributed by atoms with Crippen LogP contribution in [0.15, 0.2) is 77.2 Å². The van der Waals surface area contributed by atoms with Crippen molar-refractivity contribution in [2.24, 2.45) is 5.10 Å². The second-order valence-electron chi connectivity index (χ2n) is 6.64. The fourth-order valence-corrected chi connectivity index (χ4v) is 2.83. The molecule has 0 aromatic heterocycles. The highest BCUT2D eigenvalue weighted by molar-refractivity contribution is 5.86. The SMILES string of the molecule is C=C\C=C(O)/C(=C\C=C/C)/C=N/NC(=O)CN1CCN(CC(/C=C\C)=C/C)CC1. The van der Waals surface area contributed by atoms with Crippen LogP contribution in [0.4, 0.5) is 0 Å². The Morgan fingerprint density at radius 3 is 2.28 bits per heavy atom. The monoisotopic (exact) mass is 398 g/mol. The minimum atomic E-state index is -0.171. The molecule has 6 heteroatoms. The van der Waals surface area contributed by atoms with Gasteiger partial charge in [-0.25, -0.2) is 5.43 Å². The van der Waals surface area contributed by atoms with Gasteiger partial charge in [-0.3, -0.25) is 14.6 Å². The molecule has 1 heterocycles. The van der Waals surface area contributed by atoms with Crippen molar-refractivity contribution in [3.8, 4) is 0 Å². The number of hydrogen-bond acceptors (Lipinski definition) is 5. The summed E-state index contributed by atoms with van der Waals surface area (Å²) < 4.78 is 0. The number of amides is 1. The standard InChI is InChI=1S/C23H34N4O2/c1-5-9-12-21(22(28)11-7-3)17-24-25-23(29)19-27-15-13-26(14-16-27)18-20(8-4)10-6-2/h5-12,17,28H,3,13-16,18-19H2,1-2,4H3,(H,25,29)/b9-5-,10-6-,20-8+,21-12-,22-11+,24-17+. The van der Waals surface area contributed by atoms with Crippen LogP contribution in [0, 0.1) is 0 Å². The number of hydrazone groups is 1. The normalized spacial score (nSPS) is 18.2. The molecule has 1 aliphatic heterocycles. The highest BCUT2D eigenvalue weighted by atomic mass is 16.3. The highest BCUT2D eigenvalue weighted by Gasteiger charge is 2.18. The van der Waals surface area contributed by atoms with Crippen molar-refractivity contribution in [1.29, 1.82) is 0 Å². The van der Waals surface area contributed by atoms with E-state index >= 15 is 0 Å². The molecule has 0 atom stereocenters. The van der Waals surface area contributed by atoms with Crippen molar-refractivity contribution in [3.05, 3.63) is 72.1 Å². The largest absolute Gasteiger partial charge is 0.507 e. The quantitative estimate of drug-likeness (QED) is 0.256. The van der Waals surface area contributed by atoms with E-state index in [-0.39, 0.29) is 11.7 Å². The Bertz CT molecular complexity index is 706. The van der Waals surface area contributed by atoms with E-state index in [1.807, 2.05) is 19.9 Å². The summed E-state index contributed by atoms with van der Waals surface area (Å²) in [6.45, 7) is 14.3. The van der Waals surface area contributed by atoms with Crippen LogP contribution in [0.5, 0.6) is 0 Å². The van der Waals surface area contributed by atoms with E-state index in [0.717, 1.165) is 32.7 Å². The fraction of sp³-hybridized carbons (Fsp3) is 0.391. The minimum Gasteiger partial charge on any atom is -0.507 e. The van der Waals surface area contributed by atoms with Gasteiger partial charge in [-0.2, -0.15) is 5.10 Å². The van der Waals surface area contributed by atoms with Gasteiger partial charge in [-0.15, -0.1) is 0 Å². The van der Waals surface area contributed by atoms with Gasteiger partial charge in [0.05, 0.1) is 12.8 Å². The van der Waals surface area contributed by atoms with Gasteiger partial charge >= 0.3 is 0 Å². The topological polar surface area (TPSA) is 68.2 Å². The van der Waals surface area contributed by atoms with E-state index in [4.69, 9.17) is 0 Å². The summed E-state index contributed by atoms with van der Waals surface area (Å²) in [5, 5.41) is 13.9. The number of carbonyl (C=O) groups is 1. The summed E-state index contributed by atoms with van der Waals surface area (Å²) >= 11 is 0. The molecule has 0 aromatic carbocycles. The lowest BCUT2D eigenvalue weighted by Crippen LogP contribution is -2.49. The molecule has 2 N–H and O–H groups in total. The zero-order valence-corrected chi connectivity index (χ0v) is 17.8. The molecule has 0 aliphatic carbocycles. The lowest BCUT2D eigenvalue weighted by Gasteiger charge is -2.34. The highest BCUT2D eigenvalue weighted by Crippen LogP contribution is 2.07. The van der Waals surface area contributed by atoms with Gasteiger partial charge in [-0.1, -0.05) is 43.0 Å². The van der Waals surface area contributed by atoms with Crippen molar-refractivity contribution in [3.63, 3.8) is 0 Å². The Morgan fingerprint density at radius 1 is 1.07 bits per heavy atom. The third-order valence-electron chi connectivity index (χ3n) is 4.42. The van der Waals surface area contributed by atoms with Crippen LogP contribution in [0.25, 0.3) is 0 Å². The van der Waals surface area contributed by atoms with E-state index in [9.17, 15) is 9.90 Å². The van der Waals surface area contributed by atoms with Crippen molar-refractivity contribution < 1.29 is 9.90 Å². The molecule has 0 spiro atoms. The lowest BCUT2D eigenvalue weighted by atomic mass is 10.2. The average Bonchev–Trinajstić information content (AvgIpc) is 2.71. The maximum atomic E-state index is 12.2. The maximum absolute atomic E-state index is 12.2. The molecule has 1 aliphatic rings. The van der Waals surface area contributed by atoms with Gasteiger partial charge in [0, 0.05) is 38.3 Å². The molecule has 6 nitrogen and oxygen atoms in total. The average molecular weight is 399 g/mol. The summed E-state index contributed by atoms with van der Waals surface area (Å²) in [5.41, 5.74) is 4.32. The molecule has 158 valence electrons.